The molecule has 0 atom stereocenters. The van der Waals surface area contributed by atoms with Crippen LogP contribution in [0.25, 0.3) is 0 Å². The molecule has 1 aromatic rings. The van der Waals surface area contributed by atoms with Gasteiger partial charge in [0.2, 0.25) is 0 Å². The predicted molar refractivity (Wildman–Crippen MR) is 64.2 cm³/mol. The maximum atomic E-state index is 11.5. The van der Waals surface area contributed by atoms with Crippen molar-refractivity contribution < 1.29 is 4.79 Å². The molecule has 84 valence electrons. The van der Waals surface area contributed by atoms with Gasteiger partial charge < -0.3 is 0 Å². The first-order valence-corrected chi connectivity index (χ1v) is 6.61. The molecule has 0 fully saturated rings. The maximum Gasteiger partial charge on any atom is 0.139 e. The summed E-state index contributed by atoms with van der Waals surface area (Å²) in [6.07, 6.45) is 9.07. The number of hydrogen-bond donors (Lipinski definition) is 0. The summed E-state index contributed by atoms with van der Waals surface area (Å²) < 4.78 is 0. The minimum Gasteiger partial charge on any atom is -0.299 e. The van der Waals surface area contributed by atoms with E-state index >= 15 is 0 Å². The van der Waals surface area contributed by atoms with Crippen molar-refractivity contribution in [3.8, 4) is 0 Å². The summed E-state index contributed by atoms with van der Waals surface area (Å²) in [5.74, 6) is 0.335. The zero-order chi connectivity index (χ0) is 10.9. The average Bonchev–Trinajstić information content (AvgIpc) is 2.70. The Morgan fingerprint density at radius 1 is 1.33 bits per heavy atom. The van der Waals surface area contributed by atoms with E-state index in [0.717, 1.165) is 17.8 Å². The van der Waals surface area contributed by atoms with Crippen LogP contribution in [0.15, 0.2) is 11.6 Å². The third-order valence-corrected chi connectivity index (χ3v) is 3.17. The standard InChI is InChI=1S/C12H19NOS/c1-2-3-4-5-6-7-11(14)10-12-13-8-9-15-12/h8-9H,2-7,10H2,1H3. The van der Waals surface area contributed by atoms with E-state index in [1.54, 1.807) is 17.5 Å². The molecule has 0 aliphatic carbocycles. The van der Waals surface area contributed by atoms with Gasteiger partial charge in [0.1, 0.15) is 5.78 Å². The van der Waals surface area contributed by atoms with Crippen LogP contribution in [0, 0.1) is 0 Å². The Balaban J connectivity index is 2.04. The molecule has 3 heteroatoms. The van der Waals surface area contributed by atoms with E-state index in [2.05, 4.69) is 11.9 Å². The third kappa shape index (κ3) is 5.67. The highest BCUT2D eigenvalue weighted by atomic mass is 32.1. The van der Waals surface area contributed by atoms with Crippen molar-refractivity contribution in [2.45, 2.75) is 51.9 Å². The SMILES string of the molecule is CCCCCCCC(=O)Cc1nccs1. The van der Waals surface area contributed by atoms with Crippen LogP contribution in [0.1, 0.15) is 50.5 Å². The molecule has 15 heavy (non-hydrogen) atoms. The van der Waals surface area contributed by atoms with E-state index in [-0.39, 0.29) is 0 Å². The van der Waals surface area contributed by atoms with Gasteiger partial charge in [-0.2, -0.15) is 0 Å². The van der Waals surface area contributed by atoms with Crippen LogP contribution in [0.2, 0.25) is 0 Å². The predicted octanol–water partition coefficient (Wildman–Crippen LogP) is 3.62. The van der Waals surface area contributed by atoms with E-state index in [1.807, 2.05) is 5.38 Å². The lowest BCUT2D eigenvalue weighted by molar-refractivity contribution is -0.118. The zero-order valence-electron chi connectivity index (χ0n) is 9.37. The molecule has 1 aromatic heterocycles. The number of ketones is 1. The van der Waals surface area contributed by atoms with Gasteiger partial charge in [0, 0.05) is 18.0 Å². The number of Topliss-reactive ketones (excluding diaryl/α,β-unsaturated/α-hetero) is 1. The highest BCUT2D eigenvalue weighted by molar-refractivity contribution is 7.09. The summed E-state index contributed by atoms with van der Waals surface area (Å²) >= 11 is 1.57. The van der Waals surface area contributed by atoms with E-state index in [1.165, 1.54) is 25.7 Å². The highest BCUT2D eigenvalue weighted by Crippen LogP contribution is 2.09. The Kier molecular flexibility index (Phi) is 6.25. The Morgan fingerprint density at radius 2 is 2.13 bits per heavy atom. The molecule has 1 heterocycles. The Morgan fingerprint density at radius 3 is 2.80 bits per heavy atom. The molecular weight excluding hydrogens is 206 g/mol. The van der Waals surface area contributed by atoms with Crippen molar-refractivity contribution in [2.75, 3.05) is 0 Å². The average molecular weight is 225 g/mol. The lowest BCUT2D eigenvalue weighted by Crippen LogP contribution is -2.01. The normalized spacial score (nSPS) is 10.5. The van der Waals surface area contributed by atoms with Gasteiger partial charge in [-0.05, 0) is 6.42 Å². The summed E-state index contributed by atoms with van der Waals surface area (Å²) in [7, 11) is 0. The summed E-state index contributed by atoms with van der Waals surface area (Å²) in [4.78, 5) is 15.6. The van der Waals surface area contributed by atoms with Crippen LogP contribution in [-0.4, -0.2) is 10.8 Å². The van der Waals surface area contributed by atoms with Crippen LogP contribution < -0.4 is 0 Å². The maximum absolute atomic E-state index is 11.5. The van der Waals surface area contributed by atoms with Crippen molar-refractivity contribution in [2.24, 2.45) is 0 Å². The van der Waals surface area contributed by atoms with Crippen LogP contribution in [0.5, 0.6) is 0 Å². The second-order valence-electron chi connectivity index (χ2n) is 3.81. The fourth-order valence-corrected chi connectivity index (χ4v) is 2.17. The van der Waals surface area contributed by atoms with Gasteiger partial charge in [0.25, 0.3) is 0 Å². The fourth-order valence-electron chi connectivity index (χ4n) is 1.52. The van der Waals surface area contributed by atoms with Crippen molar-refractivity contribution in [3.63, 3.8) is 0 Å². The van der Waals surface area contributed by atoms with Crippen molar-refractivity contribution in [3.05, 3.63) is 16.6 Å². The van der Waals surface area contributed by atoms with Gasteiger partial charge in [-0.1, -0.05) is 32.6 Å². The van der Waals surface area contributed by atoms with Gasteiger partial charge in [-0.25, -0.2) is 4.98 Å². The monoisotopic (exact) mass is 225 g/mol. The number of nitrogens with zero attached hydrogens (tertiary/aromatic N) is 1. The largest absolute Gasteiger partial charge is 0.299 e. The topological polar surface area (TPSA) is 30.0 Å². The van der Waals surface area contributed by atoms with E-state index < -0.39 is 0 Å². The number of thiazole rings is 1. The second-order valence-corrected chi connectivity index (χ2v) is 4.78. The molecule has 0 aliphatic rings. The van der Waals surface area contributed by atoms with E-state index in [0.29, 0.717) is 12.2 Å². The Bertz CT molecular complexity index is 269. The fraction of sp³-hybridized carbons (Fsp3) is 0.667. The Hall–Kier alpha value is -0.700. The van der Waals surface area contributed by atoms with Crippen LogP contribution >= 0.6 is 11.3 Å². The first kappa shape index (κ1) is 12.4. The molecule has 0 unspecified atom stereocenters. The summed E-state index contributed by atoms with van der Waals surface area (Å²) in [6.45, 7) is 2.20. The van der Waals surface area contributed by atoms with Gasteiger partial charge >= 0.3 is 0 Å². The number of unbranched alkanes of at least 4 members (excludes halogenated alkanes) is 4. The lowest BCUT2D eigenvalue weighted by Gasteiger charge is -1.99. The molecule has 0 N–H and O–H groups in total. The van der Waals surface area contributed by atoms with Crippen molar-refractivity contribution >= 4 is 17.1 Å². The molecule has 0 saturated carbocycles. The van der Waals surface area contributed by atoms with Crippen molar-refractivity contribution in [1.82, 2.24) is 4.98 Å². The number of hydrogen-bond acceptors (Lipinski definition) is 3. The van der Waals surface area contributed by atoms with Gasteiger partial charge in [0.05, 0.1) is 11.4 Å². The van der Waals surface area contributed by atoms with Gasteiger partial charge in [-0.3, -0.25) is 4.79 Å². The first-order chi connectivity index (χ1) is 7.33. The zero-order valence-corrected chi connectivity index (χ0v) is 10.2. The molecule has 0 amide bonds. The van der Waals surface area contributed by atoms with E-state index in [9.17, 15) is 4.79 Å². The van der Waals surface area contributed by atoms with Gasteiger partial charge in [0.15, 0.2) is 0 Å². The molecule has 0 bridgehead atoms. The second kappa shape index (κ2) is 7.57. The van der Waals surface area contributed by atoms with Crippen LogP contribution in [0.4, 0.5) is 0 Å². The van der Waals surface area contributed by atoms with Crippen LogP contribution in [-0.2, 0) is 11.2 Å². The summed E-state index contributed by atoms with van der Waals surface area (Å²) in [5, 5.41) is 2.87. The minimum atomic E-state index is 0.335. The molecule has 0 spiro atoms. The van der Waals surface area contributed by atoms with E-state index in [4.69, 9.17) is 0 Å². The molecule has 0 saturated heterocycles. The smallest absolute Gasteiger partial charge is 0.139 e. The molecule has 0 radical (unpaired) electrons. The molecule has 1 rings (SSSR count). The number of carbonyl (C=O) groups excluding carboxylic acids is 1. The minimum absolute atomic E-state index is 0.335. The van der Waals surface area contributed by atoms with Crippen LogP contribution in [0.3, 0.4) is 0 Å². The molecule has 0 aromatic carbocycles. The number of aromatic nitrogens is 1. The lowest BCUT2D eigenvalue weighted by atomic mass is 10.1. The number of carbonyl (C=O) groups is 1. The summed E-state index contributed by atoms with van der Waals surface area (Å²) in [5.41, 5.74) is 0. The summed E-state index contributed by atoms with van der Waals surface area (Å²) in [6, 6.07) is 0. The van der Waals surface area contributed by atoms with Crippen molar-refractivity contribution in [1.29, 1.82) is 0 Å². The molecule has 2 nitrogen and oxygen atoms in total. The highest BCUT2D eigenvalue weighted by Gasteiger charge is 2.04. The third-order valence-electron chi connectivity index (χ3n) is 2.39. The first-order valence-electron chi connectivity index (χ1n) is 5.73. The quantitative estimate of drug-likeness (QED) is 0.632. The molecule has 0 aliphatic heterocycles. The van der Waals surface area contributed by atoms with Gasteiger partial charge in [-0.15, -0.1) is 11.3 Å². The Labute approximate surface area is 95.7 Å². The number of rotatable bonds is 8. The molecular formula is C12H19NOS.